The lowest BCUT2D eigenvalue weighted by atomic mass is 10.1. The van der Waals surface area contributed by atoms with E-state index in [4.69, 9.17) is 0 Å². The van der Waals surface area contributed by atoms with Gasteiger partial charge in [-0.3, -0.25) is 14.3 Å². The summed E-state index contributed by atoms with van der Waals surface area (Å²) < 4.78 is 1.92. The molecule has 4 aromatic rings. The third kappa shape index (κ3) is 3.98. The van der Waals surface area contributed by atoms with Gasteiger partial charge in [-0.2, -0.15) is 5.10 Å². The largest absolute Gasteiger partial charge is 0.341 e. The van der Waals surface area contributed by atoms with E-state index in [2.05, 4.69) is 20.5 Å². The van der Waals surface area contributed by atoms with Crippen LogP contribution in [0.4, 0.5) is 10.5 Å². The fraction of sp³-hybridized carbons (Fsp3) is 0.0909. The molecule has 0 aliphatic carbocycles. The van der Waals surface area contributed by atoms with Gasteiger partial charge in [-0.05, 0) is 37.3 Å². The van der Waals surface area contributed by atoms with Crippen molar-refractivity contribution in [3.05, 3.63) is 84.6 Å². The van der Waals surface area contributed by atoms with Crippen LogP contribution in [-0.2, 0) is 0 Å². The van der Waals surface area contributed by atoms with E-state index in [1.54, 1.807) is 25.7 Å². The van der Waals surface area contributed by atoms with E-state index in [1.165, 1.54) is 4.90 Å². The Labute approximate surface area is 168 Å². The third-order valence-electron chi connectivity index (χ3n) is 4.61. The van der Waals surface area contributed by atoms with Crippen molar-refractivity contribution in [1.82, 2.24) is 19.8 Å². The molecular weight excluding hydrogens is 364 g/mol. The zero-order valence-electron chi connectivity index (χ0n) is 16.1. The van der Waals surface area contributed by atoms with Crippen LogP contribution < -0.4 is 10.3 Å². The molecule has 0 aliphatic heterocycles. The summed E-state index contributed by atoms with van der Waals surface area (Å²) in [6.07, 6.45) is 8.82. The maximum atomic E-state index is 12.3. The molecule has 0 saturated heterocycles. The molecule has 4 rings (SSSR count). The molecule has 0 saturated carbocycles. The highest BCUT2D eigenvalue weighted by Crippen LogP contribution is 2.19. The van der Waals surface area contributed by atoms with Crippen molar-refractivity contribution in [2.45, 2.75) is 6.92 Å². The van der Waals surface area contributed by atoms with Crippen LogP contribution in [0.5, 0.6) is 0 Å². The Balaban J connectivity index is 1.50. The van der Waals surface area contributed by atoms with Gasteiger partial charge in [0.1, 0.15) is 5.65 Å². The van der Waals surface area contributed by atoms with Crippen LogP contribution in [-0.4, -0.2) is 33.7 Å². The number of benzene rings is 1. The minimum atomic E-state index is -0.324. The van der Waals surface area contributed by atoms with E-state index in [0.717, 1.165) is 33.7 Å². The molecule has 3 heterocycles. The van der Waals surface area contributed by atoms with Crippen molar-refractivity contribution in [2.75, 3.05) is 11.9 Å². The lowest BCUT2D eigenvalue weighted by molar-refractivity contribution is 0.248. The van der Waals surface area contributed by atoms with Crippen LogP contribution in [0.25, 0.3) is 16.8 Å². The molecule has 3 aromatic heterocycles. The fourth-order valence-electron chi connectivity index (χ4n) is 2.91. The molecule has 0 radical (unpaired) electrons. The molecule has 2 amide bonds. The molecule has 7 heteroatoms. The number of imidazole rings is 1. The molecule has 0 bridgehead atoms. The number of nitrogens with zero attached hydrogens (tertiary/aromatic N) is 5. The Morgan fingerprint density at radius 3 is 2.69 bits per heavy atom. The fourth-order valence-corrected chi connectivity index (χ4v) is 2.91. The van der Waals surface area contributed by atoms with Crippen molar-refractivity contribution in [3.8, 4) is 11.1 Å². The smallest absolute Gasteiger partial charge is 0.298 e. The molecule has 0 aliphatic rings. The predicted molar refractivity (Wildman–Crippen MR) is 114 cm³/mol. The van der Waals surface area contributed by atoms with Crippen LogP contribution in [0.3, 0.4) is 0 Å². The number of urea groups is 1. The van der Waals surface area contributed by atoms with Gasteiger partial charge in [0, 0.05) is 42.5 Å². The van der Waals surface area contributed by atoms with Crippen LogP contribution >= 0.6 is 0 Å². The third-order valence-corrected chi connectivity index (χ3v) is 4.61. The number of fused-ring (bicyclic) bond motifs is 1. The van der Waals surface area contributed by atoms with Gasteiger partial charge in [-0.15, -0.1) is 0 Å². The first-order valence-electron chi connectivity index (χ1n) is 9.13. The maximum Gasteiger partial charge on any atom is 0.341 e. The number of amides is 2. The van der Waals surface area contributed by atoms with E-state index < -0.39 is 0 Å². The van der Waals surface area contributed by atoms with Crippen LogP contribution in [0.1, 0.15) is 11.3 Å². The molecule has 0 atom stereocenters. The van der Waals surface area contributed by atoms with Crippen LogP contribution in [0, 0.1) is 6.92 Å². The van der Waals surface area contributed by atoms with E-state index in [-0.39, 0.29) is 6.03 Å². The van der Waals surface area contributed by atoms with E-state index >= 15 is 0 Å². The van der Waals surface area contributed by atoms with Crippen LogP contribution in [0.15, 0.2) is 78.4 Å². The van der Waals surface area contributed by atoms with Gasteiger partial charge in [0.05, 0.1) is 18.1 Å². The molecule has 7 nitrogen and oxygen atoms in total. The molecular formula is C22H20N6O. The molecule has 0 spiro atoms. The standard InChI is InChI=1S/C22H20N6O/c1-16-5-8-19(9-6-16)27(2)22(29)26-25-14-20-13-24-21-10-7-18(15-28(20)21)17-4-3-11-23-12-17/h3-15H,1-2H3,(H,26,29). The van der Waals surface area contributed by atoms with Gasteiger partial charge in [0.2, 0.25) is 0 Å². The number of anilines is 1. The summed E-state index contributed by atoms with van der Waals surface area (Å²) in [6, 6.07) is 15.2. The van der Waals surface area contributed by atoms with Gasteiger partial charge < -0.3 is 0 Å². The lowest BCUT2D eigenvalue weighted by Crippen LogP contribution is -2.34. The summed E-state index contributed by atoms with van der Waals surface area (Å²) in [5.74, 6) is 0. The number of carbonyl (C=O) groups is 1. The first kappa shape index (κ1) is 18.4. The summed E-state index contributed by atoms with van der Waals surface area (Å²) in [5, 5.41) is 4.09. The number of rotatable bonds is 4. The summed E-state index contributed by atoms with van der Waals surface area (Å²) >= 11 is 0. The highest BCUT2D eigenvalue weighted by molar-refractivity contribution is 5.92. The number of aryl methyl sites for hydroxylation is 1. The average Bonchev–Trinajstić information content (AvgIpc) is 3.16. The van der Waals surface area contributed by atoms with Crippen molar-refractivity contribution in [1.29, 1.82) is 0 Å². The first-order chi connectivity index (χ1) is 14.1. The number of pyridine rings is 2. The molecule has 1 N–H and O–H groups in total. The van der Waals surface area contributed by atoms with Gasteiger partial charge in [0.15, 0.2) is 0 Å². The van der Waals surface area contributed by atoms with Gasteiger partial charge in [-0.1, -0.05) is 23.8 Å². The summed E-state index contributed by atoms with van der Waals surface area (Å²) in [6.45, 7) is 2.00. The Morgan fingerprint density at radius 1 is 1.10 bits per heavy atom. The molecule has 0 unspecified atom stereocenters. The van der Waals surface area contributed by atoms with Gasteiger partial charge >= 0.3 is 6.03 Å². The van der Waals surface area contributed by atoms with Gasteiger partial charge in [-0.25, -0.2) is 15.2 Å². The number of nitrogens with one attached hydrogen (secondary N) is 1. The van der Waals surface area contributed by atoms with E-state index in [0.29, 0.717) is 0 Å². The number of hydrogen-bond donors (Lipinski definition) is 1. The van der Waals surface area contributed by atoms with Crippen molar-refractivity contribution >= 4 is 23.6 Å². The minimum Gasteiger partial charge on any atom is -0.298 e. The monoisotopic (exact) mass is 384 g/mol. The van der Waals surface area contributed by atoms with E-state index in [9.17, 15) is 4.79 Å². The number of aromatic nitrogens is 3. The Bertz CT molecular complexity index is 1170. The number of carbonyl (C=O) groups excluding carboxylic acids is 1. The highest BCUT2D eigenvalue weighted by atomic mass is 16.2. The molecule has 29 heavy (non-hydrogen) atoms. The zero-order chi connectivity index (χ0) is 20.2. The zero-order valence-corrected chi connectivity index (χ0v) is 16.1. The second kappa shape index (κ2) is 7.93. The van der Waals surface area contributed by atoms with Crippen LogP contribution in [0.2, 0.25) is 0 Å². The first-order valence-corrected chi connectivity index (χ1v) is 9.13. The Kier molecular flexibility index (Phi) is 5.03. The van der Waals surface area contributed by atoms with Crippen molar-refractivity contribution in [2.24, 2.45) is 5.10 Å². The second-order valence-electron chi connectivity index (χ2n) is 6.64. The number of hydrazone groups is 1. The maximum absolute atomic E-state index is 12.3. The van der Waals surface area contributed by atoms with Crippen molar-refractivity contribution < 1.29 is 4.79 Å². The average molecular weight is 384 g/mol. The summed E-state index contributed by atoms with van der Waals surface area (Å²) in [4.78, 5) is 22.4. The minimum absolute atomic E-state index is 0.324. The summed E-state index contributed by atoms with van der Waals surface area (Å²) in [7, 11) is 1.70. The van der Waals surface area contributed by atoms with E-state index in [1.807, 2.05) is 72.2 Å². The molecule has 1 aromatic carbocycles. The Hall–Kier alpha value is -4.00. The predicted octanol–water partition coefficient (Wildman–Crippen LogP) is 3.88. The topological polar surface area (TPSA) is 74.9 Å². The van der Waals surface area contributed by atoms with Gasteiger partial charge in [0.25, 0.3) is 0 Å². The quantitative estimate of drug-likeness (QED) is 0.428. The number of hydrogen-bond acceptors (Lipinski definition) is 4. The normalized spacial score (nSPS) is 11.1. The molecule has 144 valence electrons. The Morgan fingerprint density at radius 2 is 1.93 bits per heavy atom. The summed E-state index contributed by atoms with van der Waals surface area (Å²) in [5.41, 5.74) is 8.05. The highest BCUT2D eigenvalue weighted by Gasteiger charge is 2.09. The SMILES string of the molecule is Cc1ccc(N(C)C(=O)NN=Cc2cnc3ccc(-c4cccnc4)cn23)cc1. The molecule has 0 fully saturated rings. The lowest BCUT2D eigenvalue weighted by Gasteiger charge is -2.16. The van der Waals surface area contributed by atoms with Crippen molar-refractivity contribution in [3.63, 3.8) is 0 Å². The second-order valence-corrected chi connectivity index (χ2v) is 6.64.